The zero-order valence-corrected chi connectivity index (χ0v) is 12.3. The molecule has 0 amide bonds. The Kier molecular flexibility index (Phi) is 4.97. The van der Waals surface area contributed by atoms with Crippen LogP contribution >= 0.6 is 11.3 Å². The van der Waals surface area contributed by atoms with Crippen molar-refractivity contribution in [2.45, 2.75) is 33.4 Å². The SMILES string of the molecule is CC(C)CNCc1cnc(N2CCOC(C)C2)s1. The van der Waals surface area contributed by atoms with E-state index in [1.165, 1.54) is 4.88 Å². The average molecular weight is 269 g/mol. The van der Waals surface area contributed by atoms with Crippen LogP contribution in [0.15, 0.2) is 6.20 Å². The van der Waals surface area contributed by atoms with Crippen molar-refractivity contribution in [3.8, 4) is 0 Å². The zero-order chi connectivity index (χ0) is 13.0. The highest BCUT2D eigenvalue weighted by atomic mass is 32.1. The average Bonchev–Trinajstić information content (AvgIpc) is 2.77. The summed E-state index contributed by atoms with van der Waals surface area (Å²) in [6, 6.07) is 0. The van der Waals surface area contributed by atoms with Crippen LogP contribution in [0.1, 0.15) is 25.6 Å². The summed E-state index contributed by atoms with van der Waals surface area (Å²) in [4.78, 5) is 8.16. The van der Waals surface area contributed by atoms with Crippen molar-refractivity contribution in [1.29, 1.82) is 0 Å². The summed E-state index contributed by atoms with van der Waals surface area (Å²) < 4.78 is 5.55. The van der Waals surface area contributed by atoms with E-state index in [1.807, 2.05) is 6.20 Å². The van der Waals surface area contributed by atoms with Gasteiger partial charge >= 0.3 is 0 Å². The predicted octanol–water partition coefficient (Wildman–Crippen LogP) is 2.11. The maximum Gasteiger partial charge on any atom is 0.185 e. The molecule has 1 atom stereocenters. The Hall–Kier alpha value is -0.650. The molecule has 2 heterocycles. The first-order valence-electron chi connectivity index (χ1n) is 6.67. The lowest BCUT2D eigenvalue weighted by atomic mass is 10.2. The fourth-order valence-electron chi connectivity index (χ4n) is 2.00. The molecule has 1 fully saturated rings. The summed E-state index contributed by atoms with van der Waals surface area (Å²) in [7, 11) is 0. The van der Waals surface area contributed by atoms with Gasteiger partial charge in [0.15, 0.2) is 5.13 Å². The third kappa shape index (κ3) is 3.93. The number of rotatable bonds is 5. The third-order valence-corrected chi connectivity index (χ3v) is 3.96. The summed E-state index contributed by atoms with van der Waals surface area (Å²) in [6.45, 7) is 11.3. The van der Waals surface area contributed by atoms with Gasteiger partial charge in [-0.05, 0) is 19.4 Å². The number of anilines is 1. The van der Waals surface area contributed by atoms with E-state index in [2.05, 4.69) is 36.0 Å². The molecule has 0 bridgehead atoms. The Balaban J connectivity index is 1.85. The van der Waals surface area contributed by atoms with Crippen LogP contribution in [-0.2, 0) is 11.3 Å². The molecule has 0 radical (unpaired) electrons. The minimum Gasteiger partial charge on any atom is -0.375 e. The maximum atomic E-state index is 5.55. The minimum absolute atomic E-state index is 0.310. The highest BCUT2D eigenvalue weighted by molar-refractivity contribution is 7.15. The van der Waals surface area contributed by atoms with Gasteiger partial charge in [-0.1, -0.05) is 13.8 Å². The van der Waals surface area contributed by atoms with Gasteiger partial charge in [0.1, 0.15) is 0 Å². The fraction of sp³-hybridized carbons (Fsp3) is 0.769. The van der Waals surface area contributed by atoms with Gasteiger partial charge in [-0.3, -0.25) is 0 Å². The number of thiazole rings is 1. The second-order valence-corrected chi connectivity index (χ2v) is 6.35. The molecule has 0 aliphatic carbocycles. The number of nitrogens with one attached hydrogen (secondary N) is 1. The molecule has 1 aromatic rings. The maximum absolute atomic E-state index is 5.55. The highest BCUT2D eigenvalue weighted by Gasteiger charge is 2.19. The van der Waals surface area contributed by atoms with E-state index in [-0.39, 0.29) is 0 Å². The Morgan fingerprint density at radius 3 is 3.17 bits per heavy atom. The van der Waals surface area contributed by atoms with Crippen molar-refractivity contribution in [3.63, 3.8) is 0 Å². The summed E-state index contributed by atoms with van der Waals surface area (Å²) in [6.07, 6.45) is 2.30. The number of ether oxygens (including phenoxy) is 1. The van der Waals surface area contributed by atoms with Gasteiger partial charge in [0.25, 0.3) is 0 Å². The number of nitrogens with zero attached hydrogens (tertiary/aromatic N) is 2. The van der Waals surface area contributed by atoms with Crippen LogP contribution in [0, 0.1) is 5.92 Å². The molecule has 1 aromatic heterocycles. The first-order chi connectivity index (χ1) is 8.65. The van der Waals surface area contributed by atoms with Crippen molar-refractivity contribution < 1.29 is 4.74 Å². The Labute approximate surface area is 113 Å². The molecule has 5 heteroatoms. The summed E-state index contributed by atoms with van der Waals surface area (Å²) in [5.74, 6) is 0.692. The van der Waals surface area contributed by atoms with Gasteiger partial charge in [0.05, 0.1) is 12.7 Å². The van der Waals surface area contributed by atoms with Gasteiger partial charge in [0, 0.05) is 30.7 Å². The number of hydrogen-bond acceptors (Lipinski definition) is 5. The van der Waals surface area contributed by atoms with E-state index in [4.69, 9.17) is 4.74 Å². The Morgan fingerprint density at radius 1 is 1.61 bits per heavy atom. The molecule has 1 aliphatic rings. The first kappa shape index (κ1) is 13.8. The van der Waals surface area contributed by atoms with E-state index < -0.39 is 0 Å². The van der Waals surface area contributed by atoms with Crippen molar-refractivity contribution in [1.82, 2.24) is 10.3 Å². The summed E-state index contributed by atoms with van der Waals surface area (Å²) >= 11 is 1.79. The molecular weight excluding hydrogens is 246 g/mol. The topological polar surface area (TPSA) is 37.4 Å². The van der Waals surface area contributed by atoms with Crippen LogP contribution in [0.4, 0.5) is 5.13 Å². The van der Waals surface area contributed by atoms with E-state index in [0.717, 1.165) is 37.9 Å². The molecule has 0 saturated carbocycles. The van der Waals surface area contributed by atoms with Gasteiger partial charge in [-0.2, -0.15) is 0 Å². The number of hydrogen-bond donors (Lipinski definition) is 1. The molecule has 4 nitrogen and oxygen atoms in total. The molecular formula is C13H23N3OS. The van der Waals surface area contributed by atoms with Crippen LogP contribution in [0.3, 0.4) is 0 Å². The summed E-state index contributed by atoms with van der Waals surface area (Å²) in [5.41, 5.74) is 0. The normalized spacial score (nSPS) is 20.7. The molecule has 2 rings (SSSR count). The summed E-state index contributed by atoms with van der Waals surface area (Å²) in [5, 5.41) is 4.58. The van der Waals surface area contributed by atoms with Crippen LogP contribution in [0.25, 0.3) is 0 Å². The highest BCUT2D eigenvalue weighted by Crippen LogP contribution is 2.24. The largest absolute Gasteiger partial charge is 0.375 e. The molecule has 102 valence electrons. The van der Waals surface area contributed by atoms with Gasteiger partial charge in [-0.25, -0.2) is 4.98 Å². The number of morpholine rings is 1. The predicted molar refractivity (Wildman–Crippen MR) is 76.3 cm³/mol. The van der Waals surface area contributed by atoms with E-state index in [0.29, 0.717) is 12.0 Å². The monoisotopic (exact) mass is 269 g/mol. The lowest BCUT2D eigenvalue weighted by Gasteiger charge is -2.30. The molecule has 0 spiro atoms. The van der Waals surface area contributed by atoms with Crippen LogP contribution in [0.2, 0.25) is 0 Å². The quantitative estimate of drug-likeness (QED) is 0.888. The molecule has 0 aromatic carbocycles. The third-order valence-electron chi connectivity index (χ3n) is 2.90. The van der Waals surface area contributed by atoms with E-state index >= 15 is 0 Å². The zero-order valence-electron chi connectivity index (χ0n) is 11.5. The van der Waals surface area contributed by atoms with E-state index in [9.17, 15) is 0 Å². The van der Waals surface area contributed by atoms with Gasteiger partial charge in [-0.15, -0.1) is 11.3 Å². The lowest BCUT2D eigenvalue weighted by molar-refractivity contribution is 0.0532. The smallest absolute Gasteiger partial charge is 0.185 e. The van der Waals surface area contributed by atoms with Crippen LogP contribution in [-0.4, -0.2) is 37.3 Å². The fourth-order valence-corrected chi connectivity index (χ4v) is 2.92. The molecule has 1 unspecified atom stereocenters. The molecule has 1 saturated heterocycles. The van der Waals surface area contributed by atoms with Crippen LogP contribution < -0.4 is 10.2 Å². The van der Waals surface area contributed by atoms with Crippen molar-refractivity contribution in [2.75, 3.05) is 31.1 Å². The Morgan fingerprint density at radius 2 is 2.44 bits per heavy atom. The van der Waals surface area contributed by atoms with Gasteiger partial charge in [0.2, 0.25) is 0 Å². The second-order valence-electron chi connectivity index (χ2n) is 5.26. The number of aromatic nitrogens is 1. The standard InChI is InChI=1S/C13H23N3OS/c1-10(2)6-14-7-12-8-15-13(18-12)16-4-5-17-11(3)9-16/h8,10-11,14H,4-7,9H2,1-3H3. The van der Waals surface area contributed by atoms with Gasteiger partial charge < -0.3 is 15.0 Å². The van der Waals surface area contributed by atoms with Crippen molar-refractivity contribution >= 4 is 16.5 Å². The lowest BCUT2D eigenvalue weighted by Crippen LogP contribution is -2.41. The van der Waals surface area contributed by atoms with Crippen molar-refractivity contribution in [3.05, 3.63) is 11.1 Å². The van der Waals surface area contributed by atoms with Crippen molar-refractivity contribution in [2.24, 2.45) is 5.92 Å². The first-order valence-corrected chi connectivity index (χ1v) is 7.48. The molecule has 18 heavy (non-hydrogen) atoms. The minimum atomic E-state index is 0.310. The van der Waals surface area contributed by atoms with Crippen LogP contribution in [0.5, 0.6) is 0 Å². The van der Waals surface area contributed by atoms with E-state index in [1.54, 1.807) is 11.3 Å². The second kappa shape index (κ2) is 6.50. The molecule has 1 N–H and O–H groups in total. The molecule has 1 aliphatic heterocycles. The Bertz CT molecular complexity index is 367.